The van der Waals surface area contributed by atoms with E-state index in [1.54, 1.807) is 49.9 Å². The van der Waals surface area contributed by atoms with Crippen molar-refractivity contribution in [2.24, 2.45) is 0 Å². The Morgan fingerprint density at radius 3 is 1.93 bits per heavy atom. The molecule has 7 nitrogen and oxygen atoms in total. The quantitative estimate of drug-likeness (QED) is 0.551. The molecule has 0 spiro atoms. The van der Waals surface area contributed by atoms with E-state index in [4.69, 9.17) is 9.47 Å². The van der Waals surface area contributed by atoms with Gasteiger partial charge in [-0.3, -0.25) is 9.59 Å². The molecule has 0 fully saturated rings. The average molecular weight is 407 g/mol. The van der Waals surface area contributed by atoms with Crippen LogP contribution in [0.4, 0.5) is 4.79 Å². The third-order valence-corrected chi connectivity index (χ3v) is 3.98. The van der Waals surface area contributed by atoms with Gasteiger partial charge in [-0.15, -0.1) is 0 Å². The Bertz CT molecular complexity index is 697. The number of esters is 1. The van der Waals surface area contributed by atoms with Gasteiger partial charge in [0.25, 0.3) is 0 Å². The molecule has 1 rings (SSSR count). The highest BCUT2D eigenvalue weighted by molar-refractivity contribution is 5.86. The van der Waals surface area contributed by atoms with Crippen molar-refractivity contribution >= 4 is 18.0 Å². The van der Waals surface area contributed by atoms with Crippen LogP contribution in [0.15, 0.2) is 24.3 Å². The van der Waals surface area contributed by atoms with E-state index >= 15 is 0 Å². The van der Waals surface area contributed by atoms with E-state index in [1.165, 1.54) is 6.92 Å². The Morgan fingerprint density at radius 1 is 1.00 bits per heavy atom. The molecule has 0 aliphatic carbocycles. The number of benzene rings is 1. The van der Waals surface area contributed by atoms with Crippen molar-refractivity contribution in [3.63, 3.8) is 0 Å². The number of ether oxygens (including phenoxy) is 2. The molecule has 1 aromatic carbocycles. The third-order valence-electron chi connectivity index (χ3n) is 3.98. The van der Waals surface area contributed by atoms with Crippen LogP contribution in [0.5, 0.6) is 5.75 Å². The van der Waals surface area contributed by atoms with E-state index in [9.17, 15) is 14.4 Å². The highest BCUT2D eigenvalue weighted by Gasteiger charge is 2.31. The zero-order valence-electron chi connectivity index (χ0n) is 18.7. The smallest absolute Gasteiger partial charge is 0.408 e. The van der Waals surface area contributed by atoms with Crippen LogP contribution < -0.4 is 10.1 Å². The fraction of sp³-hybridized carbons (Fsp3) is 0.591. The van der Waals surface area contributed by atoms with Crippen molar-refractivity contribution in [1.82, 2.24) is 10.2 Å². The Balaban J connectivity index is 3.07. The number of hydrogen-bond donors (Lipinski definition) is 1. The molecule has 0 heterocycles. The van der Waals surface area contributed by atoms with Gasteiger partial charge < -0.3 is 19.7 Å². The van der Waals surface area contributed by atoms with Crippen LogP contribution in [0.25, 0.3) is 0 Å². The van der Waals surface area contributed by atoms with E-state index in [0.29, 0.717) is 5.75 Å². The van der Waals surface area contributed by atoms with Crippen LogP contribution in [0.2, 0.25) is 0 Å². The molecule has 0 aliphatic rings. The zero-order valence-corrected chi connectivity index (χ0v) is 18.7. The molecule has 0 saturated carbocycles. The minimum absolute atomic E-state index is 0.0169. The van der Waals surface area contributed by atoms with E-state index in [0.717, 1.165) is 5.56 Å². The average Bonchev–Trinajstić information content (AvgIpc) is 2.53. The molecule has 1 atom stereocenters. The molecule has 0 radical (unpaired) electrons. The standard InChI is InChI=1S/C22H34N2O5/c1-14(2)24(15(3)4)20(26)19(23-21(27)29-22(6,7)8)13-17-9-11-18(12-10-17)28-16(5)25/h9-12,14-15,19H,13H2,1-8H3,(H,23,27)/t19-/m0/s1. The van der Waals surface area contributed by atoms with E-state index in [2.05, 4.69) is 5.32 Å². The number of nitrogens with zero attached hydrogens (tertiary/aromatic N) is 1. The minimum atomic E-state index is -0.783. The third kappa shape index (κ3) is 8.54. The molecule has 29 heavy (non-hydrogen) atoms. The van der Waals surface area contributed by atoms with Crippen LogP contribution in [-0.4, -0.2) is 46.6 Å². The molecular weight excluding hydrogens is 372 g/mol. The van der Waals surface area contributed by atoms with E-state index in [-0.39, 0.29) is 24.4 Å². The molecule has 1 N–H and O–H groups in total. The fourth-order valence-corrected chi connectivity index (χ4v) is 3.03. The molecule has 162 valence electrons. The predicted molar refractivity (Wildman–Crippen MR) is 112 cm³/mol. The largest absolute Gasteiger partial charge is 0.444 e. The lowest BCUT2D eigenvalue weighted by molar-refractivity contribution is -0.137. The van der Waals surface area contributed by atoms with Crippen molar-refractivity contribution < 1.29 is 23.9 Å². The van der Waals surface area contributed by atoms with Gasteiger partial charge in [-0.25, -0.2) is 4.79 Å². The monoisotopic (exact) mass is 406 g/mol. The summed E-state index contributed by atoms with van der Waals surface area (Å²) < 4.78 is 10.4. The highest BCUT2D eigenvalue weighted by atomic mass is 16.6. The predicted octanol–water partition coefficient (Wildman–Crippen LogP) is 3.69. The Hall–Kier alpha value is -2.57. The second-order valence-corrected chi connectivity index (χ2v) is 8.57. The Kier molecular flexibility index (Phi) is 8.67. The summed E-state index contributed by atoms with van der Waals surface area (Å²) in [7, 11) is 0. The van der Waals surface area contributed by atoms with Crippen LogP contribution in [0, 0.1) is 0 Å². The number of nitrogens with one attached hydrogen (secondary N) is 1. The number of amides is 2. The van der Waals surface area contributed by atoms with E-state index < -0.39 is 23.7 Å². The Morgan fingerprint density at radius 2 is 1.52 bits per heavy atom. The van der Waals surface area contributed by atoms with Crippen molar-refractivity contribution in [1.29, 1.82) is 0 Å². The van der Waals surface area contributed by atoms with Crippen molar-refractivity contribution in [3.8, 4) is 5.75 Å². The number of carbonyl (C=O) groups excluding carboxylic acids is 3. The van der Waals surface area contributed by atoms with Gasteiger partial charge in [0.2, 0.25) is 5.91 Å². The van der Waals surface area contributed by atoms with Crippen LogP contribution in [-0.2, 0) is 20.7 Å². The summed E-state index contributed by atoms with van der Waals surface area (Å²) in [4.78, 5) is 38.4. The molecule has 0 bridgehead atoms. The maximum Gasteiger partial charge on any atom is 0.408 e. The van der Waals surface area contributed by atoms with Gasteiger partial charge in [0.1, 0.15) is 17.4 Å². The van der Waals surface area contributed by atoms with Gasteiger partial charge in [0, 0.05) is 25.4 Å². The van der Waals surface area contributed by atoms with Crippen LogP contribution in [0.1, 0.15) is 61.0 Å². The van der Waals surface area contributed by atoms with Gasteiger partial charge in [-0.05, 0) is 66.2 Å². The first kappa shape index (κ1) is 24.5. The second kappa shape index (κ2) is 10.3. The van der Waals surface area contributed by atoms with Gasteiger partial charge in [-0.1, -0.05) is 12.1 Å². The molecule has 2 amide bonds. The SMILES string of the molecule is CC(=O)Oc1ccc(C[C@H](NC(=O)OC(C)(C)C)C(=O)N(C(C)C)C(C)C)cc1. The van der Waals surface area contributed by atoms with Crippen molar-refractivity contribution in [2.75, 3.05) is 0 Å². The molecule has 0 aliphatic heterocycles. The normalized spacial score (nSPS) is 12.5. The first-order valence-corrected chi connectivity index (χ1v) is 9.89. The molecule has 0 saturated heterocycles. The summed E-state index contributed by atoms with van der Waals surface area (Å²) in [6.45, 7) is 14.4. The lowest BCUT2D eigenvalue weighted by Crippen LogP contribution is -2.54. The number of hydrogen-bond acceptors (Lipinski definition) is 5. The highest BCUT2D eigenvalue weighted by Crippen LogP contribution is 2.17. The summed E-state index contributed by atoms with van der Waals surface area (Å²) in [5, 5.41) is 2.72. The lowest BCUT2D eigenvalue weighted by atomic mass is 10.0. The van der Waals surface area contributed by atoms with Gasteiger partial charge in [0.15, 0.2) is 0 Å². The second-order valence-electron chi connectivity index (χ2n) is 8.57. The molecule has 1 aromatic rings. The summed E-state index contributed by atoms with van der Waals surface area (Å²) in [5.41, 5.74) is 0.154. The number of alkyl carbamates (subject to hydrolysis) is 1. The van der Waals surface area contributed by atoms with Gasteiger partial charge >= 0.3 is 12.1 Å². The van der Waals surface area contributed by atoms with Crippen LogP contribution in [0.3, 0.4) is 0 Å². The van der Waals surface area contributed by atoms with Crippen LogP contribution >= 0.6 is 0 Å². The van der Waals surface area contributed by atoms with Gasteiger partial charge in [-0.2, -0.15) is 0 Å². The summed E-state index contributed by atoms with van der Waals surface area (Å²) in [6.07, 6.45) is -0.353. The van der Waals surface area contributed by atoms with Gasteiger partial charge in [0.05, 0.1) is 0 Å². The number of carbonyl (C=O) groups is 3. The maximum absolute atomic E-state index is 13.2. The summed E-state index contributed by atoms with van der Waals surface area (Å²) in [6, 6.07) is 6.04. The maximum atomic E-state index is 13.2. The van der Waals surface area contributed by atoms with E-state index in [1.807, 2.05) is 27.7 Å². The lowest BCUT2D eigenvalue weighted by Gasteiger charge is -2.34. The topological polar surface area (TPSA) is 84.9 Å². The van der Waals surface area contributed by atoms with Crippen molar-refractivity contribution in [3.05, 3.63) is 29.8 Å². The van der Waals surface area contributed by atoms with Crippen molar-refractivity contribution in [2.45, 2.75) is 85.5 Å². The summed E-state index contributed by atoms with van der Waals surface area (Å²) in [5.74, 6) is -0.151. The molecule has 0 aromatic heterocycles. The minimum Gasteiger partial charge on any atom is -0.444 e. The molecule has 0 unspecified atom stereocenters. The fourth-order valence-electron chi connectivity index (χ4n) is 3.03. The summed E-state index contributed by atoms with van der Waals surface area (Å²) >= 11 is 0. The first-order valence-electron chi connectivity index (χ1n) is 9.89. The molecule has 7 heteroatoms. The zero-order chi connectivity index (χ0) is 22.4. The number of rotatable bonds is 7. The Labute approximate surface area is 173 Å². The molecular formula is C22H34N2O5. The first-order chi connectivity index (χ1) is 13.3.